The van der Waals surface area contributed by atoms with Gasteiger partial charge in [-0.15, -0.1) is 11.8 Å². The first-order valence-corrected chi connectivity index (χ1v) is 5.90. The van der Waals surface area contributed by atoms with E-state index in [4.69, 9.17) is 4.74 Å². The van der Waals surface area contributed by atoms with Crippen molar-refractivity contribution in [3.63, 3.8) is 0 Å². The van der Waals surface area contributed by atoms with Gasteiger partial charge in [-0.05, 0) is 12.7 Å². The highest BCUT2D eigenvalue weighted by Crippen LogP contribution is 2.15. The SMILES string of the molecule is CCCCOC(CSF)SC. The van der Waals surface area contributed by atoms with Crippen LogP contribution in [0.3, 0.4) is 0 Å². The van der Waals surface area contributed by atoms with Gasteiger partial charge in [0.25, 0.3) is 0 Å². The molecule has 0 saturated carbocycles. The maximum absolute atomic E-state index is 11.8. The minimum Gasteiger partial charge on any atom is -0.367 e. The maximum atomic E-state index is 11.8. The number of rotatable bonds is 7. The molecular formula is C7H15FOS2. The summed E-state index contributed by atoms with van der Waals surface area (Å²) in [5.74, 6) is 0.435. The average Bonchev–Trinajstić information content (AvgIpc) is 2.03. The molecule has 0 amide bonds. The molecule has 0 bridgehead atoms. The van der Waals surface area contributed by atoms with Gasteiger partial charge in [-0.25, -0.2) is 0 Å². The Hall–Kier alpha value is 0.590. The van der Waals surface area contributed by atoms with Gasteiger partial charge in [-0.1, -0.05) is 13.3 Å². The molecule has 0 saturated heterocycles. The molecular weight excluding hydrogens is 183 g/mol. The first-order chi connectivity index (χ1) is 5.35. The zero-order valence-corrected chi connectivity index (χ0v) is 8.64. The van der Waals surface area contributed by atoms with E-state index >= 15 is 0 Å². The van der Waals surface area contributed by atoms with Crippen molar-refractivity contribution < 1.29 is 8.62 Å². The van der Waals surface area contributed by atoms with E-state index in [0.29, 0.717) is 17.9 Å². The number of hydrogen-bond acceptors (Lipinski definition) is 3. The monoisotopic (exact) mass is 198 g/mol. The Morgan fingerprint density at radius 1 is 1.55 bits per heavy atom. The molecule has 0 spiro atoms. The molecule has 0 heterocycles. The van der Waals surface area contributed by atoms with Gasteiger partial charge in [0.05, 0.1) is 5.75 Å². The summed E-state index contributed by atoms with van der Waals surface area (Å²) in [4.78, 5) is 0. The topological polar surface area (TPSA) is 9.23 Å². The van der Waals surface area contributed by atoms with Crippen LogP contribution in [0.15, 0.2) is 0 Å². The summed E-state index contributed by atoms with van der Waals surface area (Å²) >= 11 is 1.91. The van der Waals surface area contributed by atoms with Crippen LogP contribution in [0.1, 0.15) is 19.8 Å². The van der Waals surface area contributed by atoms with Gasteiger partial charge in [-0.3, -0.25) is 0 Å². The van der Waals surface area contributed by atoms with Gasteiger partial charge >= 0.3 is 0 Å². The predicted molar refractivity (Wildman–Crippen MR) is 51.7 cm³/mol. The minimum atomic E-state index is 0.0246. The number of halogens is 1. The third-order valence-corrected chi connectivity index (χ3v) is 2.73. The Labute approximate surface area is 76.7 Å². The lowest BCUT2D eigenvalue weighted by atomic mass is 10.4. The van der Waals surface area contributed by atoms with Gasteiger partial charge in [0.1, 0.15) is 5.44 Å². The van der Waals surface area contributed by atoms with E-state index in [0.717, 1.165) is 19.4 Å². The lowest BCUT2D eigenvalue weighted by Crippen LogP contribution is -2.11. The van der Waals surface area contributed by atoms with Crippen LogP contribution < -0.4 is 0 Å². The van der Waals surface area contributed by atoms with Crippen LogP contribution >= 0.6 is 23.9 Å². The zero-order chi connectivity index (χ0) is 8.53. The van der Waals surface area contributed by atoms with E-state index in [1.54, 1.807) is 11.8 Å². The molecule has 68 valence electrons. The third kappa shape index (κ3) is 6.97. The van der Waals surface area contributed by atoms with Crippen molar-refractivity contribution in [3.8, 4) is 0 Å². The number of unbranched alkanes of at least 4 members (excludes halogenated alkanes) is 1. The normalized spacial score (nSPS) is 13.4. The van der Waals surface area contributed by atoms with Gasteiger partial charge in [-0.2, -0.15) is 3.89 Å². The highest BCUT2D eigenvalue weighted by molar-refractivity contribution is 8.01. The van der Waals surface area contributed by atoms with Crippen molar-refractivity contribution in [1.82, 2.24) is 0 Å². The van der Waals surface area contributed by atoms with Crippen molar-refractivity contribution in [3.05, 3.63) is 0 Å². The first-order valence-electron chi connectivity index (χ1n) is 3.73. The molecule has 0 aliphatic carbocycles. The molecule has 0 fully saturated rings. The first kappa shape index (κ1) is 11.6. The maximum Gasteiger partial charge on any atom is 0.114 e. The van der Waals surface area contributed by atoms with E-state index in [2.05, 4.69) is 6.92 Å². The standard InChI is InChI=1S/C7H15FOS2/c1-3-4-5-9-7(10-2)6-11-8/h7H,3-6H2,1-2H3. The van der Waals surface area contributed by atoms with Crippen molar-refractivity contribution >= 4 is 23.9 Å². The Balaban J connectivity index is 3.20. The summed E-state index contributed by atoms with van der Waals surface area (Å²) in [5.41, 5.74) is 0.0246. The highest BCUT2D eigenvalue weighted by atomic mass is 32.2. The van der Waals surface area contributed by atoms with Crippen molar-refractivity contribution in [2.24, 2.45) is 0 Å². The molecule has 1 atom stereocenters. The summed E-state index contributed by atoms with van der Waals surface area (Å²) in [6.45, 7) is 2.87. The fourth-order valence-corrected chi connectivity index (χ4v) is 1.72. The molecule has 0 aliphatic heterocycles. The second kappa shape index (κ2) is 8.68. The van der Waals surface area contributed by atoms with Gasteiger partial charge in [0.2, 0.25) is 0 Å². The van der Waals surface area contributed by atoms with Crippen molar-refractivity contribution in [2.45, 2.75) is 25.2 Å². The second-order valence-corrected chi connectivity index (χ2v) is 3.71. The minimum absolute atomic E-state index is 0.0246. The molecule has 0 radical (unpaired) electrons. The summed E-state index contributed by atoms with van der Waals surface area (Å²) in [5, 5.41) is 0. The van der Waals surface area contributed by atoms with Crippen LogP contribution in [0.5, 0.6) is 0 Å². The Bertz CT molecular complexity index is 82.8. The van der Waals surface area contributed by atoms with E-state index in [-0.39, 0.29) is 5.44 Å². The Morgan fingerprint density at radius 2 is 2.27 bits per heavy atom. The van der Waals surface area contributed by atoms with Crippen molar-refractivity contribution in [1.29, 1.82) is 0 Å². The van der Waals surface area contributed by atoms with E-state index in [1.165, 1.54) is 0 Å². The molecule has 0 rings (SSSR count). The number of thioether (sulfide) groups is 1. The summed E-state index contributed by atoms with van der Waals surface area (Å²) < 4.78 is 17.1. The van der Waals surface area contributed by atoms with Crippen LogP contribution in [-0.4, -0.2) is 24.1 Å². The van der Waals surface area contributed by atoms with Crippen LogP contribution in [0.25, 0.3) is 0 Å². The van der Waals surface area contributed by atoms with Crippen LogP contribution in [0.2, 0.25) is 0 Å². The van der Waals surface area contributed by atoms with Gasteiger partial charge in [0.15, 0.2) is 0 Å². The smallest absolute Gasteiger partial charge is 0.114 e. The Kier molecular flexibility index (Phi) is 9.15. The quantitative estimate of drug-likeness (QED) is 0.459. The van der Waals surface area contributed by atoms with E-state index < -0.39 is 0 Å². The lowest BCUT2D eigenvalue weighted by molar-refractivity contribution is 0.124. The fraction of sp³-hybridized carbons (Fsp3) is 1.00. The van der Waals surface area contributed by atoms with Crippen LogP contribution in [-0.2, 0) is 4.74 Å². The molecule has 1 nitrogen and oxygen atoms in total. The van der Waals surface area contributed by atoms with E-state index in [1.807, 2.05) is 6.26 Å². The van der Waals surface area contributed by atoms with Crippen LogP contribution in [0.4, 0.5) is 3.89 Å². The summed E-state index contributed by atoms with van der Waals surface area (Å²) in [6, 6.07) is 0. The zero-order valence-electron chi connectivity index (χ0n) is 7.01. The molecule has 0 aromatic carbocycles. The highest BCUT2D eigenvalue weighted by Gasteiger charge is 2.06. The predicted octanol–water partition coefficient (Wildman–Crippen LogP) is 3.11. The summed E-state index contributed by atoms with van der Waals surface area (Å²) in [7, 11) is 0. The lowest BCUT2D eigenvalue weighted by Gasteiger charge is -2.12. The molecule has 4 heteroatoms. The van der Waals surface area contributed by atoms with E-state index in [9.17, 15) is 3.89 Å². The molecule has 1 unspecified atom stereocenters. The number of hydrogen-bond donors (Lipinski definition) is 0. The molecule has 11 heavy (non-hydrogen) atoms. The molecule has 0 aromatic heterocycles. The fourth-order valence-electron chi connectivity index (χ4n) is 0.595. The van der Waals surface area contributed by atoms with Crippen molar-refractivity contribution in [2.75, 3.05) is 18.6 Å². The van der Waals surface area contributed by atoms with Gasteiger partial charge < -0.3 is 4.74 Å². The summed E-state index contributed by atoms with van der Waals surface area (Å²) in [6.07, 6.45) is 4.13. The number of ether oxygens (including phenoxy) is 1. The largest absolute Gasteiger partial charge is 0.367 e. The van der Waals surface area contributed by atoms with Crippen LogP contribution in [0, 0.1) is 0 Å². The molecule has 0 aliphatic rings. The van der Waals surface area contributed by atoms with Gasteiger partial charge in [0, 0.05) is 18.8 Å². The molecule has 0 N–H and O–H groups in total. The third-order valence-electron chi connectivity index (χ3n) is 1.26. The average molecular weight is 198 g/mol. The Morgan fingerprint density at radius 3 is 2.73 bits per heavy atom. The molecule has 0 aromatic rings. The second-order valence-electron chi connectivity index (χ2n) is 2.17.